The first-order valence-corrected chi connectivity index (χ1v) is 16.2. The third-order valence-electron chi connectivity index (χ3n) is 7.51. The lowest BCUT2D eigenvalue weighted by Gasteiger charge is -2.38. The first-order chi connectivity index (χ1) is 20.6. The number of amides is 3. The van der Waals surface area contributed by atoms with Gasteiger partial charge in [-0.25, -0.2) is 13.2 Å². The SMILES string of the molecule is C[C@@H]1CN([C@@H](C)CO)C(=O)c2cc(NS(=O)(=O)c3cccs3)ccc2O[C@@H]1CN(C)C(=O)Nc1cccc2ccccc12. The highest BCUT2D eigenvalue weighted by molar-refractivity contribution is 7.94. The Bertz CT molecular complexity index is 1720. The lowest BCUT2D eigenvalue weighted by atomic mass is 9.99. The molecular weight excluding hydrogens is 588 g/mol. The summed E-state index contributed by atoms with van der Waals surface area (Å²) in [5, 5.41) is 16.5. The number of thiophene rings is 1. The van der Waals surface area contributed by atoms with Crippen molar-refractivity contribution in [2.24, 2.45) is 5.92 Å². The summed E-state index contributed by atoms with van der Waals surface area (Å²) in [6.45, 7) is 3.89. The van der Waals surface area contributed by atoms with Gasteiger partial charge < -0.3 is 25.0 Å². The molecule has 0 unspecified atom stereocenters. The topological polar surface area (TPSA) is 128 Å². The van der Waals surface area contributed by atoms with Crippen LogP contribution in [0, 0.1) is 5.92 Å². The molecule has 3 aromatic carbocycles. The Morgan fingerprint density at radius 1 is 1.14 bits per heavy atom. The van der Waals surface area contributed by atoms with E-state index in [-0.39, 0.29) is 58.8 Å². The third kappa shape index (κ3) is 6.61. The molecule has 0 spiro atoms. The number of fused-ring (bicyclic) bond motifs is 2. The van der Waals surface area contributed by atoms with E-state index >= 15 is 0 Å². The molecule has 0 fully saturated rings. The van der Waals surface area contributed by atoms with Crippen LogP contribution in [-0.4, -0.2) is 74.2 Å². The fourth-order valence-corrected chi connectivity index (χ4v) is 7.07. The molecule has 4 aromatic rings. The largest absolute Gasteiger partial charge is 0.487 e. The molecule has 226 valence electrons. The van der Waals surface area contributed by atoms with E-state index in [4.69, 9.17) is 4.74 Å². The van der Waals surface area contributed by atoms with Crippen molar-refractivity contribution >= 4 is 55.4 Å². The van der Waals surface area contributed by atoms with Gasteiger partial charge in [-0.05, 0) is 48.0 Å². The minimum absolute atomic E-state index is 0.149. The molecular formula is C31H34N4O6S2. The average Bonchev–Trinajstić information content (AvgIpc) is 3.55. The highest BCUT2D eigenvalue weighted by atomic mass is 32.2. The van der Waals surface area contributed by atoms with Gasteiger partial charge in [0.2, 0.25) is 0 Å². The van der Waals surface area contributed by atoms with Crippen molar-refractivity contribution in [3.63, 3.8) is 0 Å². The van der Waals surface area contributed by atoms with Gasteiger partial charge in [-0.1, -0.05) is 49.4 Å². The molecule has 10 nitrogen and oxygen atoms in total. The number of rotatable bonds is 8. The number of hydrogen-bond acceptors (Lipinski definition) is 7. The number of carbonyl (C=O) groups is 2. The third-order valence-corrected chi connectivity index (χ3v) is 10.3. The molecule has 3 amide bonds. The normalized spacial score (nSPS) is 17.8. The van der Waals surface area contributed by atoms with Crippen molar-refractivity contribution < 1.29 is 27.9 Å². The Morgan fingerprint density at radius 2 is 1.91 bits per heavy atom. The Balaban J connectivity index is 1.40. The van der Waals surface area contributed by atoms with Crippen molar-refractivity contribution in [3.05, 3.63) is 83.7 Å². The zero-order valence-electron chi connectivity index (χ0n) is 24.1. The van der Waals surface area contributed by atoms with Crippen LogP contribution in [0.4, 0.5) is 16.2 Å². The minimum atomic E-state index is -3.84. The van der Waals surface area contributed by atoms with E-state index in [1.54, 1.807) is 36.4 Å². The van der Waals surface area contributed by atoms with E-state index in [0.29, 0.717) is 5.69 Å². The molecule has 3 N–H and O–H groups in total. The summed E-state index contributed by atoms with van der Waals surface area (Å²) < 4.78 is 34.7. The van der Waals surface area contributed by atoms with Gasteiger partial charge >= 0.3 is 6.03 Å². The minimum Gasteiger partial charge on any atom is -0.487 e. The first-order valence-electron chi connectivity index (χ1n) is 13.9. The van der Waals surface area contributed by atoms with Crippen LogP contribution >= 0.6 is 11.3 Å². The lowest BCUT2D eigenvalue weighted by molar-refractivity contribution is 0.0371. The zero-order chi connectivity index (χ0) is 30.7. The molecule has 1 aliphatic heterocycles. The highest BCUT2D eigenvalue weighted by Gasteiger charge is 2.34. The molecule has 12 heteroatoms. The van der Waals surface area contributed by atoms with E-state index in [9.17, 15) is 23.1 Å². The number of benzene rings is 3. The Hall–Kier alpha value is -4.13. The van der Waals surface area contributed by atoms with Crippen molar-refractivity contribution in [1.29, 1.82) is 0 Å². The summed E-state index contributed by atoms with van der Waals surface area (Å²) in [5.74, 6) is -0.337. The maximum Gasteiger partial charge on any atom is 0.321 e. The van der Waals surface area contributed by atoms with E-state index < -0.39 is 22.2 Å². The van der Waals surface area contributed by atoms with Crippen LogP contribution < -0.4 is 14.8 Å². The number of aliphatic hydroxyl groups excluding tert-OH is 1. The van der Waals surface area contributed by atoms with E-state index in [1.165, 1.54) is 23.1 Å². The van der Waals surface area contributed by atoms with Crippen LogP contribution in [0.5, 0.6) is 5.75 Å². The fraction of sp³-hybridized carbons (Fsp3) is 0.290. The Labute approximate surface area is 254 Å². The molecule has 0 aliphatic carbocycles. The Kier molecular flexibility index (Phi) is 8.90. The molecule has 2 heterocycles. The molecule has 1 aromatic heterocycles. The summed E-state index contributed by atoms with van der Waals surface area (Å²) in [6.07, 6.45) is -0.517. The predicted molar refractivity (Wildman–Crippen MR) is 168 cm³/mol. The van der Waals surface area contributed by atoms with Gasteiger partial charge in [-0.2, -0.15) is 0 Å². The van der Waals surface area contributed by atoms with Gasteiger partial charge in [0.15, 0.2) is 0 Å². The standard InChI is InChI=1S/C31H34N4O6S2/c1-20-17-35(21(2)19-36)30(37)25-16-23(33-43(39,40)29-12-7-15-42-29)13-14-27(25)41-28(20)18-34(3)31(38)32-26-11-6-9-22-8-4-5-10-24(22)26/h4-16,20-21,28,33,36H,17-19H2,1-3H3,(H,32,38)/t20-,21+,28-/m1/s1. The quantitative estimate of drug-likeness (QED) is 0.251. The maximum atomic E-state index is 13.7. The summed E-state index contributed by atoms with van der Waals surface area (Å²) in [5.41, 5.74) is 1.06. The van der Waals surface area contributed by atoms with Crippen molar-refractivity contribution in [3.8, 4) is 5.75 Å². The van der Waals surface area contributed by atoms with Gasteiger partial charge in [0.1, 0.15) is 16.1 Å². The van der Waals surface area contributed by atoms with Gasteiger partial charge in [0.05, 0.1) is 30.4 Å². The second-order valence-electron chi connectivity index (χ2n) is 10.7. The maximum absolute atomic E-state index is 13.7. The summed E-state index contributed by atoms with van der Waals surface area (Å²) >= 11 is 1.09. The molecule has 0 saturated heterocycles. The monoisotopic (exact) mass is 622 g/mol. The number of sulfonamides is 1. The fourth-order valence-electron chi connectivity index (χ4n) is 5.02. The smallest absolute Gasteiger partial charge is 0.321 e. The number of hydrogen-bond donors (Lipinski definition) is 3. The number of urea groups is 1. The molecule has 5 rings (SSSR count). The van der Waals surface area contributed by atoms with Crippen LogP contribution in [0.15, 0.2) is 82.4 Å². The number of aliphatic hydroxyl groups is 1. The number of likely N-dealkylation sites (N-methyl/N-ethyl adjacent to an activating group) is 1. The van der Waals surface area contributed by atoms with Crippen LogP contribution in [-0.2, 0) is 10.0 Å². The van der Waals surface area contributed by atoms with Crippen molar-refractivity contribution in [2.45, 2.75) is 30.2 Å². The number of nitrogens with one attached hydrogen (secondary N) is 2. The number of anilines is 2. The van der Waals surface area contributed by atoms with E-state index in [1.807, 2.05) is 49.4 Å². The summed E-state index contributed by atoms with van der Waals surface area (Å²) in [6, 6.07) is 20.4. The molecule has 0 bridgehead atoms. The predicted octanol–water partition coefficient (Wildman–Crippen LogP) is 5.09. The number of ether oxygens (including phenoxy) is 1. The molecule has 3 atom stereocenters. The van der Waals surface area contributed by atoms with Crippen molar-refractivity contribution in [1.82, 2.24) is 9.80 Å². The van der Waals surface area contributed by atoms with E-state index in [2.05, 4.69) is 10.0 Å². The van der Waals surface area contributed by atoms with Gasteiger partial charge in [0.25, 0.3) is 15.9 Å². The molecule has 0 saturated carbocycles. The van der Waals surface area contributed by atoms with Gasteiger partial charge in [-0.15, -0.1) is 11.3 Å². The van der Waals surface area contributed by atoms with Crippen LogP contribution in [0.2, 0.25) is 0 Å². The first kappa shape index (κ1) is 30.3. The lowest BCUT2D eigenvalue weighted by Crippen LogP contribution is -2.50. The molecule has 43 heavy (non-hydrogen) atoms. The average molecular weight is 623 g/mol. The van der Waals surface area contributed by atoms with Gasteiger partial charge in [0, 0.05) is 30.6 Å². The summed E-state index contributed by atoms with van der Waals surface area (Å²) in [4.78, 5) is 30.1. The number of nitrogens with zero attached hydrogens (tertiary/aromatic N) is 2. The zero-order valence-corrected chi connectivity index (χ0v) is 25.7. The second-order valence-corrected chi connectivity index (χ2v) is 13.6. The van der Waals surface area contributed by atoms with Crippen LogP contribution in [0.3, 0.4) is 0 Å². The Morgan fingerprint density at radius 3 is 2.65 bits per heavy atom. The second kappa shape index (κ2) is 12.6. The molecule has 0 radical (unpaired) electrons. The van der Waals surface area contributed by atoms with Crippen LogP contribution in [0.25, 0.3) is 10.8 Å². The van der Waals surface area contributed by atoms with Gasteiger partial charge in [-0.3, -0.25) is 9.52 Å². The number of carbonyl (C=O) groups excluding carboxylic acids is 2. The molecule has 1 aliphatic rings. The van der Waals surface area contributed by atoms with Crippen LogP contribution in [0.1, 0.15) is 24.2 Å². The van der Waals surface area contributed by atoms with E-state index in [0.717, 1.165) is 22.1 Å². The highest BCUT2D eigenvalue weighted by Crippen LogP contribution is 2.32. The van der Waals surface area contributed by atoms with Crippen molar-refractivity contribution in [2.75, 3.05) is 36.8 Å². The summed E-state index contributed by atoms with van der Waals surface area (Å²) in [7, 11) is -2.16.